The van der Waals surface area contributed by atoms with Gasteiger partial charge in [-0.25, -0.2) is 0 Å². The molecule has 110 valence electrons. The number of carbonyl (C=O) groups excluding carboxylic acids is 1. The number of nitrogen functional groups attached to an aromatic ring is 1. The predicted octanol–water partition coefficient (Wildman–Crippen LogP) is 1.65. The highest BCUT2D eigenvalue weighted by atomic mass is 16.5. The molecule has 3 N–H and O–H groups in total. The fourth-order valence-corrected chi connectivity index (χ4v) is 2.68. The van der Waals surface area contributed by atoms with Gasteiger partial charge >= 0.3 is 0 Å². The first kappa shape index (κ1) is 14.7. The zero-order chi connectivity index (χ0) is 14.5. The molecule has 1 amide bonds. The minimum absolute atomic E-state index is 0.00360. The predicted molar refractivity (Wildman–Crippen MR) is 77.8 cm³/mol. The van der Waals surface area contributed by atoms with Crippen molar-refractivity contribution in [1.29, 1.82) is 0 Å². The Morgan fingerprint density at radius 1 is 1.45 bits per heavy atom. The summed E-state index contributed by atoms with van der Waals surface area (Å²) in [6.45, 7) is 0.665. The molecule has 1 heterocycles. The molecule has 0 aromatic heterocycles. The summed E-state index contributed by atoms with van der Waals surface area (Å²) in [6.07, 6.45) is 3.94. The van der Waals surface area contributed by atoms with Crippen molar-refractivity contribution in [2.75, 3.05) is 26.0 Å². The summed E-state index contributed by atoms with van der Waals surface area (Å²) in [7, 11) is 1.54. The van der Waals surface area contributed by atoms with Crippen LogP contribution in [0, 0.1) is 0 Å². The molecule has 1 aliphatic rings. The molecular weight excluding hydrogens is 256 g/mol. The van der Waals surface area contributed by atoms with E-state index in [1.54, 1.807) is 23.1 Å². The molecule has 0 spiro atoms. The van der Waals surface area contributed by atoms with Crippen LogP contribution in [-0.4, -0.2) is 42.2 Å². The molecule has 1 aromatic carbocycles. The van der Waals surface area contributed by atoms with Crippen LogP contribution in [0.3, 0.4) is 0 Å². The number of hydrogen-bond donors (Lipinski definition) is 2. The van der Waals surface area contributed by atoms with Gasteiger partial charge in [0, 0.05) is 12.2 Å². The van der Waals surface area contributed by atoms with Gasteiger partial charge in [-0.15, -0.1) is 0 Å². The minimum atomic E-state index is -0.116. The molecule has 5 heteroatoms. The quantitative estimate of drug-likeness (QED) is 0.824. The van der Waals surface area contributed by atoms with Crippen molar-refractivity contribution in [1.82, 2.24) is 4.90 Å². The highest BCUT2D eigenvalue weighted by Gasteiger charge is 2.27. The molecule has 0 bridgehead atoms. The summed E-state index contributed by atoms with van der Waals surface area (Å²) in [5, 5.41) is 9.51. The van der Waals surface area contributed by atoms with Crippen LogP contribution in [0.25, 0.3) is 0 Å². The number of methoxy groups -OCH3 is 1. The van der Waals surface area contributed by atoms with Crippen molar-refractivity contribution in [3.8, 4) is 5.75 Å². The summed E-state index contributed by atoms with van der Waals surface area (Å²) in [6, 6.07) is 4.94. The number of likely N-dealkylation sites (tertiary alicyclic amines) is 1. The highest BCUT2D eigenvalue weighted by molar-refractivity contribution is 5.98. The Hall–Kier alpha value is -1.75. The third kappa shape index (κ3) is 3.04. The lowest BCUT2D eigenvalue weighted by atomic mass is 10.1. The molecule has 2 rings (SSSR count). The lowest BCUT2D eigenvalue weighted by Gasteiger charge is -2.29. The van der Waals surface area contributed by atoms with Gasteiger partial charge in [0.25, 0.3) is 5.91 Å². The molecule has 5 nitrogen and oxygen atoms in total. The van der Waals surface area contributed by atoms with Crippen molar-refractivity contribution in [2.24, 2.45) is 0 Å². The number of anilines is 1. The van der Waals surface area contributed by atoms with Crippen molar-refractivity contribution in [3.05, 3.63) is 23.8 Å². The van der Waals surface area contributed by atoms with E-state index >= 15 is 0 Å². The Bertz CT molecular complexity index is 476. The fraction of sp³-hybridized carbons (Fsp3) is 0.533. The van der Waals surface area contributed by atoms with Gasteiger partial charge in [0.05, 0.1) is 25.3 Å². The topological polar surface area (TPSA) is 75.8 Å². The maximum absolute atomic E-state index is 12.7. The molecule has 1 aromatic rings. The summed E-state index contributed by atoms with van der Waals surface area (Å²) in [4.78, 5) is 14.5. The van der Waals surface area contributed by atoms with Gasteiger partial charge < -0.3 is 20.5 Å². The van der Waals surface area contributed by atoms with E-state index in [4.69, 9.17) is 10.5 Å². The Balaban J connectivity index is 2.30. The van der Waals surface area contributed by atoms with E-state index in [1.807, 2.05) is 0 Å². The van der Waals surface area contributed by atoms with E-state index in [0.717, 1.165) is 25.7 Å². The second-order valence-electron chi connectivity index (χ2n) is 5.14. The monoisotopic (exact) mass is 278 g/mol. The molecule has 0 radical (unpaired) electrons. The van der Waals surface area contributed by atoms with Crippen molar-refractivity contribution in [3.63, 3.8) is 0 Å². The Kier molecular flexibility index (Phi) is 4.84. The zero-order valence-electron chi connectivity index (χ0n) is 11.8. The van der Waals surface area contributed by atoms with Gasteiger partial charge in [0.1, 0.15) is 5.75 Å². The van der Waals surface area contributed by atoms with Crippen LogP contribution in [0.2, 0.25) is 0 Å². The van der Waals surface area contributed by atoms with Crippen molar-refractivity contribution in [2.45, 2.75) is 31.7 Å². The Morgan fingerprint density at radius 3 is 2.95 bits per heavy atom. The standard InChI is InChI=1S/C15H22N2O3/c1-20-14-7-6-11(16)9-13(14)15(19)17-8-4-2-3-5-12(17)10-18/h6-7,9,12,18H,2-5,8,10,16H2,1H3. The lowest BCUT2D eigenvalue weighted by Crippen LogP contribution is -2.42. The van der Waals surface area contributed by atoms with Gasteiger partial charge in [0.15, 0.2) is 0 Å². The second kappa shape index (κ2) is 6.61. The zero-order valence-corrected chi connectivity index (χ0v) is 11.8. The number of nitrogens with two attached hydrogens (primary N) is 1. The normalized spacial score (nSPS) is 19.5. The van der Waals surface area contributed by atoms with E-state index in [9.17, 15) is 9.90 Å². The number of hydrogen-bond acceptors (Lipinski definition) is 4. The van der Waals surface area contributed by atoms with Crippen LogP contribution in [-0.2, 0) is 0 Å². The number of aliphatic hydroxyl groups is 1. The van der Waals surface area contributed by atoms with E-state index in [-0.39, 0.29) is 18.6 Å². The first-order valence-electron chi connectivity index (χ1n) is 7.02. The smallest absolute Gasteiger partial charge is 0.258 e. The average Bonchev–Trinajstić information content (AvgIpc) is 2.71. The summed E-state index contributed by atoms with van der Waals surface area (Å²) >= 11 is 0. The fourth-order valence-electron chi connectivity index (χ4n) is 2.68. The van der Waals surface area contributed by atoms with E-state index < -0.39 is 0 Å². The van der Waals surface area contributed by atoms with Crippen LogP contribution >= 0.6 is 0 Å². The van der Waals surface area contributed by atoms with E-state index in [0.29, 0.717) is 23.5 Å². The SMILES string of the molecule is COc1ccc(N)cc1C(=O)N1CCCCCC1CO. The van der Waals surface area contributed by atoms with Crippen LogP contribution < -0.4 is 10.5 Å². The molecule has 0 saturated carbocycles. The molecule has 20 heavy (non-hydrogen) atoms. The number of rotatable bonds is 3. The van der Waals surface area contributed by atoms with Gasteiger partial charge in [-0.05, 0) is 31.0 Å². The number of ether oxygens (including phenoxy) is 1. The largest absolute Gasteiger partial charge is 0.496 e. The number of amides is 1. The molecule has 1 aliphatic heterocycles. The number of carbonyl (C=O) groups is 1. The van der Waals surface area contributed by atoms with Crippen LogP contribution in [0.5, 0.6) is 5.75 Å². The van der Waals surface area contributed by atoms with E-state index in [2.05, 4.69) is 0 Å². The third-order valence-corrected chi connectivity index (χ3v) is 3.80. The van der Waals surface area contributed by atoms with Crippen LogP contribution in [0.1, 0.15) is 36.0 Å². The molecule has 0 aliphatic carbocycles. The summed E-state index contributed by atoms with van der Waals surface area (Å²) in [5.41, 5.74) is 6.77. The summed E-state index contributed by atoms with van der Waals surface area (Å²) < 4.78 is 5.25. The maximum Gasteiger partial charge on any atom is 0.258 e. The number of benzene rings is 1. The average molecular weight is 278 g/mol. The first-order valence-corrected chi connectivity index (χ1v) is 7.02. The maximum atomic E-state index is 12.7. The van der Waals surface area contributed by atoms with Gasteiger partial charge in [-0.1, -0.05) is 12.8 Å². The van der Waals surface area contributed by atoms with Crippen molar-refractivity contribution < 1.29 is 14.6 Å². The molecule has 1 saturated heterocycles. The minimum Gasteiger partial charge on any atom is -0.496 e. The lowest BCUT2D eigenvalue weighted by molar-refractivity contribution is 0.0596. The Morgan fingerprint density at radius 2 is 2.25 bits per heavy atom. The van der Waals surface area contributed by atoms with Crippen LogP contribution in [0.15, 0.2) is 18.2 Å². The molecule has 1 atom stereocenters. The van der Waals surface area contributed by atoms with Crippen LogP contribution in [0.4, 0.5) is 5.69 Å². The van der Waals surface area contributed by atoms with Crippen molar-refractivity contribution >= 4 is 11.6 Å². The molecular formula is C15H22N2O3. The Labute approximate surface area is 119 Å². The first-order chi connectivity index (χ1) is 9.67. The van der Waals surface area contributed by atoms with Gasteiger partial charge in [0.2, 0.25) is 0 Å². The van der Waals surface area contributed by atoms with E-state index in [1.165, 1.54) is 7.11 Å². The molecule has 1 unspecified atom stereocenters. The molecule has 1 fully saturated rings. The van der Waals surface area contributed by atoms with Gasteiger partial charge in [-0.2, -0.15) is 0 Å². The second-order valence-corrected chi connectivity index (χ2v) is 5.14. The summed E-state index contributed by atoms with van der Waals surface area (Å²) in [5.74, 6) is 0.403. The highest BCUT2D eigenvalue weighted by Crippen LogP contribution is 2.26. The number of nitrogens with zero attached hydrogens (tertiary/aromatic N) is 1. The third-order valence-electron chi connectivity index (χ3n) is 3.80. The number of aliphatic hydroxyl groups excluding tert-OH is 1. The van der Waals surface area contributed by atoms with Gasteiger partial charge in [-0.3, -0.25) is 4.79 Å².